The summed E-state index contributed by atoms with van der Waals surface area (Å²) in [5.74, 6) is 5.04. The minimum absolute atomic E-state index is 0.0225. The second-order valence-corrected chi connectivity index (χ2v) is 7.86. The van der Waals surface area contributed by atoms with Crippen LogP contribution in [0.5, 0.6) is 5.75 Å². The Balaban J connectivity index is 2.05. The van der Waals surface area contributed by atoms with Crippen molar-refractivity contribution < 1.29 is 9.13 Å². The van der Waals surface area contributed by atoms with Gasteiger partial charge in [0.2, 0.25) is 0 Å². The first-order valence-corrected chi connectivity index (χ1v) is 9.52. The normalized spacial score (nSPS) is 24.1. The number of hydrogen-bond donors (Lipinski definition) is 2. The Hall–Kier alpha value is -3.06. The molecule has 2 aliphatic rings. The molecule has 154 valence electrons. The summed E-state index contributed by atoms with van der Waals surface area (Å²) in [5, 5.41) is 9.44. The van der Waals surface area contributed by atoms with Crippen molar-refractivity contribution in [1.82, 2.24) is 9.24 Å². The predicted octanol–water partition coefficient (Wildman–Crippen LogP) is 0.427. The Kier molecular flexibility index (Phi) is 4.31. The van der Waals surface area contributed by atoms with Crippen LogP contribution in [-0.2, 0) is 0 Å². The van der Waals surface area contributed by atoms with Gasteiger partial charge in [-0.15, -0.1) is 0 Å². The van der Waals surface area contributed by atoms with E-state index in [9.17, 15) is 14.9 Å². The third kappa shape index (κ3) is 2.61. The standard InChI is InChI=1S/C19H23FN6O3/c1-3-10(8-21)25-14-11(17(27)26(23)18(25)28)6-12(20)15(16(14)29-2)24-5-4-19(9-24)7-13(19)22/h6,10,13H,3-5,7,9,22-23H2,1-2H3. The average Bonchev–Trinajstić information content (AvgIpc) is 3.13. The van der Waals surface area contributed by atoms with Crippen molar-refractivity contribution in [2.75, 3.05) is 30.9 Å². The number of halogens is 1. The molecule has 1 spiro atoms. The Morgan fingerprint density at radius 3 is 2.69 bits per heavy atom. The number of aromatic nitrogens is 2. The molecule has 1 saturated heterocycles. The third-order valence-electron chi connectivity index (χ3n) is 6.29. The number of anilines is 1. The zero-order valence-electron chi connectivity index (χ0n) is 16.3. The molecule has 4 rings (SSSR count). The van der Waals surface area contributed by atoms with Crippen LogP contribution in [0, 0.1) is 22.6 Å². The molecule has 2 heterocycles. The van der Waals surface area contributed by atoms with Gasteiger partial charge in [-0.3, -0.25) is 9.36 Å². The van der Waals surface area contributed by atoms with E-state index in [1.165, 1.54) is 7.11 Å². The van der Waals surface area contributed by atoms with E-state index in [2.05, 4.69) is 0 Å². The van der Waals surface area contributed by atoms with E-state index in [-0.39, 0.29) is 33.8 Å². The molecule has 0 bridgehead atoms. The molecule has 4 N–H and O–H groups in total. The molecule has 2 fully saturated rings. The van der Waals surface area contributed by atoms with Crippen LogP contribution in [0.25, 0.3) is 10.9 Å². The van der Waals surface area contributed by atoms with E-state index in [1.807, 2.05) is 11.0 Å². The number of nitrogens with zero attached hydrogens (tertiary/aromatic N) is 4. The van der Waals surface area contributed by atoms with Crippen LogP contribution in [0.3, 0.4) is 0 Å². The lowest BCUT2D eigenvalue weighted by molar-refractivity contribution is 0.411. The molecule has 9 nitrogen and oxygen atoms in total. The highest BCUT2D eigenvalue weighted by atomic mass is 19.1. The molecule has 2 aromatic rings. The first-order chi connectivity index (χ1) is 13.8. The highest BCUT2D eigenvalue weighted by Crippen LogP contribution is 2.53. The van der Waals surface area contributed by atoms with Crippen LogP contribution in [0.2, 0.25) is 0 Å². The first kappa shape index (κ1) is 19.3. The van der Waals surface area contributed by atoms with Crippen LogP contribution < -0.4 is 32.5 Å². The number of fused-ring (bicyclic) bond motifs is 1. The Morgan fingerprint density at radius 2 is 2.17 bits per heavy atom. The third-order valence-corrected chi connectivity index (χ3v) is 6.29. The van der Waals surface area contributed by atoms with Gasteiger partial charge in [-0.05, 0) is 25.3 Å². The van der Waals surface area contributed by atoms with Gasteiger partial charge in [0.1, 0.15) is 17.2 Å². The summed E-state index contributed by atoms with van der Waals surface area (Å²) in [6.45, 7) is 2.88. The molecule has 1 aliphatic carbocycles. The first-order valence-electron chi connectivity index (χ1n) is 9.52. The van der Waals surface area contributed by atoms with E-state index in [1.54, 1.807) is 6.92 Å². The van der Waals surface area contributed by atoms with Crippen molar-refractivity contribution in [2.45, 2.75) is 38.3 Å². The molecule has 0 radical (unpaired) electrons. The fraction of sp³-hybridized carbons (Fsp3) is 0.526. The lowest BCUT2D eigenvalue weighted by atomic mass is 10.1. The second-order valence-electron chi connectivity index (χ2n) is 7.86. The maximum atomic E-state index is 15.2. The molecule has 1 saturated carbocycles. The monoisotopic (exact) mass is 402 g/mol. The topological polar surface area (TPSA) is 132 Å². The van der Waals surface area contributed by atoms with Gasteiger partial charge >= 0.3 is 5.69 Å². The lowest BCUT2D eigenvalue weighted by Gasteiger charge is -2.25. The van der Waals surface area contributed by atoms with Gasteiger partial charge in [-0.2, -0.15) is 9.94 Å². The smallest absolute Gasteiger partial charge is 0.351 e. The minimum Gasteiger partial charge on any atom is -0.492 e. The number of ether oxygens (including phenoxy) is 1. The molecular weight excluding hydrogens is 379 g/mol. The summed E-state index contributed by atoms with van der Waals surface area (Å²) >= 11 is 0. The molecule has 10 heteroatoms. The fourth-order valence-corrected chi connectivity index (χ4v) is 4.48. The summed E-state index contributed by atoms with van der Waals surface area (Å²) in [4.78, 5) is 27.2. The van der Waals surface area contributed by atoms with Gasteiger partial charge in [0.05, 0.1) is 18.6 Å². The van der Waals surface area contributed by atoms with Crippen LogP contribution in [0.1, 0.15) is 32.2 Å². The van der Waals surface area contributed by atoms with E-state index in [0.29, 0.717) is 24.2 Å². The molecule has 1 aliphatic heterocycles. The number of rotatable bonds is 4. The van der Waals surface area contributed by atoms with Gasteiger partial charge in [-0.1, -0.05) is 6.92 Å². The molecule has 3 unspecified atom stereocenters. The SMILES string of the molecule is CCC(C#N)n1c(=O)n(N)c(=O)c2cc(F)c(N3CCC4(CC4N)C3)c(OC)c21. The minimum atomic E-state index is -0.894. The van der Waals surface area contributed by atoms with Gasteiger partial charge in [0, 0.05) is 24.5 Å². The predicted molar refractivity (Wildman–Crippen MR) is 106 cm³/mol. The molecule has 1 aromatic carbocycles. The fourth-order valence-electron chi connectivity index (χ4n) is 4.48. The highest BCUT2D eigenvalue weighted by Gasteiger charge is 2.56. The number of hydrogen-bond acceptors (Lipinski definition) is 7. The van der Waals surface area contributed by atoms with Gasteiger partial charge in [-0.25, -0.2) is 9.18 Å². The Morgan fingerprint density at radius 1 is 1.48 bits per heavy atom. The van der Waals surface area contributed by atoms with Crippen LogP contribution in [0.4, 0.5) is 10.1 Å². The van der Waals surface area contributed by atoms with Gasteiger partial charge in [0.25, 0.3) is 5.56 Å². The molecule has 1 aromatic heterocycles. The van der Waals surface area contributed by atoms with Gasteiger partial charge in [0.15, 0.2) is 11.6 Å². The van der Waals surface area contributed by atoms with Crippen molar-refractivity contribution in [3.05, 3.63) is 32.7 Å². The number of nitrogens with two attached hydrogens (primary N) is 2. The van der Waals surface area contributed by atoms with Crippen molar-refractivity contribution in [2.24, 2.45) is 11.1 Å². The quantitative estimate of drug-likeness (QED) is 0.709. The summed E-state index contributed by atoms with van der Waals surface area (Å²) in [6.07, 6.45) is 2.01. The second kappa shape index (κ2) is 6.49. The van der Waals surface area contributed by atoms with Crippen molar-refractivity contribution in [3.8, 4) is 11.8 Å². The number of nitrogen functional groups attached to an aromatic ring is 1. The van der Waals surface area contributed by atoms with Crippen molar-refractivity contribution in [1.29, 1.82) is 5.26 Å². The maximum Gasteiger partial charge on any atom is 0.351 e. The van der Waals surface area contributed by atoms with E-state index in [4.69, 9.17) is 16.3 Å². The molecule has 3 atom stereocenters. The van der Waals surface area contributed by atoms with Gasteiger partial charge < -0.3 is 21.2 Å². The zero-order chi connectivity index (χ0) is 21.1. The highest BCUT2D eigenvalue weighted by molar-refractivity contribution is 5.91. The largest absolute Gasteiger partial charge is 0.492 e. The lowest BCUT2D eigenvalue weighted by Crippen LogP contribution is -2.45. The van der Waals surface area contributed by atoms with Crippen LogP contribution in [0.15, 0.2) is 15.7 Å². The van der Waals surface area contributed by atoms with E-state index in [0.717, 1.165) is 23.5 Å². The summed E-state index contributed by atoms with van der Waals surface area (Å²) in [6, 6.07) is 2.31. The van der Waals surface area contributed by atoms with Crippen LogP contribution in [-0.4, -0.2) is 35.5 Å². The van der Waals surface area contributed by atoms with Crippen molar-refractivity contribution in [3.63, 3.8) is 0 Å². The van der Waals surface area contributed by atoms with E-state index >= 15 is 4.39 Å². The Labute approximate surface area is 165 Å². The number of benzene rings is 1. The maximum absolute atomic E-state index is 15.2. The van der Waals surface area contributed by atoms with E-state index < -0.39 is 23.1 Å². The van der Waals surface area contributed by atoms with Crippen molar-refractivity contribution >= 4 is 16.6 Å². The Bertz CT molecular complexity index is 1170. The molecule has 29 heavy (non-hydrogen) atoms. The average molecular weight is 402 g/mol. The summed E-state index contributed by atoms with van der Waals surface area (Å²) < 4.78 is 22.2. The zero-order valence-corrected chi connectivity index (χ0v) is 16.3. The summed E-state index contributed by atoms with van der Waals surface area (Å²) in [7, 11) is 1.35. The molecule has 0 amide bonds. The number of nitriles is 1. The summed E-state index contributed by atoms with van der Waals surface area (Å²) in [5.41, 5.74) is 4.60. The number of methoxy groups -OCH3 is 1. The van der Waals surface area contributed by atoms with Crippen LogP contribution >= 0.6 is 0 Å². The molecular formula is C19H23FN6O3.